The average molecular weight is 407 g/mol. The standard InChI is InChI=1S/C23H22N2O3S/c1-16-7-9-18(10-8-16)24-23(29)25-22(26)21-6-4-3-5-17(21)15-28-20-13-11-19(27-2)12-14-20/h3-14H,15H2,1-2H3,(H2,24,25,26,29). The third kappa shape index (κ3) is 5.80. The minimum atomic E-state index is -0.288. The van der Waals surface area contributed by atoms with Gasteiger partial charge >= 0.3 is 0 Å². The van der Waals surface area contributed by atoms with Crippen LogP contribution in [0.3, 0.4) is 0 Å². The van der Waals surface area contributed by atoms with Gasteiger partial charge in [-0.1, -0.05) is 35.9 Å². The van der Waals surface area contributed by atoms with Crippen molar-refractivity contribution in [2.24, 2.45) is 0 Å². The molecule has 0 fully saturated rings. The van der Waals surface area contributed by atoms with Gasteiger partial charge in [-0.2, -0.15) is 0 Å². The minimum absolute atomic E-state index is 0.240. The number of aryl methyl sites for hydroxylation is 1. The van der Waals surface area contributed by atoms with Crippen LogP contribution in [-0.2, 0) is 6.61 Å². The van der Waals surface area contributed by atoms with Crippen molar-refractivity contribution in [2.75, 3.05) is 12.4 Å². The number of benzene rings is 3. The SMILES string of the molecule is COc1ccc(OCc2ccccc2C(=O)NC(=S)Nc2ccc(C)cc2)cc1. The Bertz CT molecular complexity index is 986. The number of methoxy groups -OCH3 is 1. The van der Waals surface area contributed by atoms with E-state index in [-0.39, 0.29) is 17.6 Å². The van der Waals surface area contributed by atoms with Crippen LogP contribution in [0, 0.1) is 6.92 Å². The molecule has 148 valence electrons. The summed E-state index contributed by atoms with van der Waals surface area (Å²) in [4.78, 5) is 12.7. The monoisotopic (exact) mass is 406 g/mol. The number of ether oxygens (including phenoxy) is 2. The number of rotatable bonds is 6. The van der Waals surface area contributed by atoms with E-state index in [1.807, 2.05) is 73.7 Å². The number of anilines is 1. The minimum Gasteiger partial charge on any atom is -0.497 e. The van der Waals surface area contributed by atoms with Crippen LogP contribution in [0.15, 0.2) is 72.8 Å². The van der Waals surface area contributed by atoms with Crippen LogP contribution in [0.25, 0.3) is 0 Å². The summed E-state index contributed by atoms with van der Waals surface area (Å²) in [7, 11) is 1.61. The average Bonchev–Trinajstić information content (AvgIpc) is 2.74. The molecule has 0 saturated heterocycles. The van der Waals surface area contributed by atoms with Gasteiger partial charge in [-0.05, 0) is 61.6 Å². The molecule has 0 atom stereocenters. The fraction of sp³-hybridized carbons (Fsp3) is 0.130. The van der Waals surface area contributed by atoms with Gasteiger partial charge in [0, 0.05) is 16.8 Å². The molecule has 6 heteroatoms. The normalized spacial score (nSPS) is 10.1. The zero-order valence-corrected chi connectivity index (χ0v) is 17.1. The van der Waals surface area contributed by atoms with Crippen LogP contribution in [0.2, 0.25) is 0 Å². The zero-order valence-electron chi connectivity index (χ0n) is 16.3. The molecule has 2 N–H and O–H groups in total. The fourth-order valence-corrected chi connectivity index (χ4v) is 2.88. The lowest BCUT2D eigenvalue weighted by Gasteiger charge is -2.13. The molecule has 0 radical (unpaired) electrons. The summed E-state index contributed by atoms with van der Waals surface area (Å²) < 4.78 is 11.0. The van der Waals surface area contributed by atoms with Crippen molar-refractivity contribution in [1.29, 1.82) is 0 Å². The molecule has 0 heterocycles. The first-order chi connectivity index (χ1) is 14.0. The van der Waals surface area contributed by atoms with Crippen LogP contribution in [0.1, 0.15) is 21.5 Å². The van der Waals surface area contributed by atoms with E-state index in [4.69, 9.17) is 21.7 Å². The molecule has 5 nitrogen and oxygen atoms in total. The number of thiocarbonyl (C=S) groups is 1. The smallest absolute Gasteiger partial charge is 0.257 e. The summed E-state index contributed by atoms with van der Waals surface area (Å²) in [5.74, 6) is 1.16. The van der Waals surface area contributed by atoms with Crippen molar-refractivity contribution < 1.29 is 14.3 Å². The number of carbonyl (C=O) groups is 1. The van der Waals surface area contributed by atoms with Crippen LogP contribution < -0.4 is 20.1 Å². The molecule has 0 saturated carbocycles. The molecule has 0 aliphatic heterocycles. The maximum atomic E-state index is 12.7. The molecule has 0 aromatic heterocycles. The molecular formula is C23H22N2O3S. The first-order valence-electron chi connectivity index (χ1n) is 9.09. The molecule has 3 aromatic carbocycles. The Morgan fingerprint density at radius 3 is 2.28 bits per heavy atom. The second kappa shape index (κ2) is 9.71. The van der Waals surface area contributed by atoms with Crippen LogP contribution in [0.4, 0.5) is 5.69 Å². The van der Waals surface area contributed by atoms with Crippen LogP contribution >= 0.6 is 12.2 Å². The van der Waals surface area contributed by atoms with Gasteiger partial charge in [0.25, 0.3) is 5.91 Å². The van der Waals surface area contributed by atoms with Crippen molar-refractivity contribution in [2.45, 2.75) is 13.5 Å². The highest BCUT2D eigenvalue weighted by atomic mass is 32.1. The highest BCUT2D eigenvalue weighted by molar-refractivity contribution is 7.80. The van der Waals surface area contributed by atoms with Gasteiger partial charge in [0.1, 0.15) is 18.1 Å². The Morgan fingerprint density at radius 2 is 1.59 bits per heavy atom. The van der Waals surface area contributed by atoms with Crippen molar-refractivity contribution in [3.8, 4) is 11.5 Å². The highest BCUT2D eigenvalue weighted by Crippen LogP contribution is 2.19. The Kier molecular flexibility index (Phi) is 6.81. The first kappa shape index (κ1) is 20.4. The maximum Gasteiger partial charge on any atom is 0.257 e. The lowest BCUT2D eigenvalue weighted by molar-refractivity contribution is 0.0975. The second-order valence-corrected chi connectivity index (χ2v) is 6.80. The largest absolute Gasteiger partial charge is 0.497 e. The summed E-state index contributed by atoms with van der Waals surface area (Å²) in [5.41, 5.74) is 3.24. The molecule has 0 unspecified atom stereocenters. The second-order valence-electron chi connectivity index (χ2n) is 6.40. The first-order valence-corrected chi connectivity index (χ1v) is 9.50. The highest BCUT2D eigenvalue weighted by Gasteiger charge is 2.13. The van der Waals surface area contributed by atoms with E-state index in [1.165, 1.54) is 0 Å². The molecule has 3 aromatic rings. The molecule has 3 rings (SSSR count). The fourth-order valence-electron chi connectivity index (χ4n) is 2.67. The summed E-state index contributed by atoms with van der Waals surface area (Å²) in [5, 5.41) is 5.98. The van der Waals surface area contributed by atoms with Crippen LogP contribution in [-0.4, -0.2) is 18.1 Å². The van der Waals surface area contributed by atoms with E-state index < -0.39 is 0 Å². The van der Waals surface area contributed by atoms with E-state index in [2.05, 4.69) is 10.6 Å². The molecule has 29 heavy (non-hydrogen) atoms. The van der Waals surface area contributed by atoms with E-state index in [9.17, 15) is 4.79 Å². The van der Waals surface area contributed by atoms with E-state index in [1.54, 1.807) is 13.2 Å². The van der Waals surface area contributed by atoms with Crippen molar-refractivity contribution in [3.05, 3.63) is 89.5 Å². The molecular weight excluding hydrogens is 384 g/mol. The number of hydrogen-bond acceptors (Lipinski definition) is 4. The van der Waals surface area contributed by atoms with Crippen molar-refractivity contribution in [1.82, 2.24) is 5.32 Å². The van der Waals surface area contributed by atoms with Gasteiger partial charge in [-0.3, -0.25) is 10.1 Å². The lowest BCUT2D eigenvalue weighted by atomic mass is 10.1. The number of hydrogen-bond donors (Lipinski definition) is 2. The predicted octanol–water partition coefficient (Wildman–Crippen LogP) is 4.71. The zero-order chi connectivity index (χ0) is 20.6. The van der Waals surface area contributed by atoms with E-state index in [0.29, 0.717) is 11.3 Å². The molecule has 0 aliphatic carbocycles. The maximum absolute atomic E-state index is 12.7. The van der Waals surface area contributed by atoms with Gasteiger partial charge in [-0.25, -0.2) is 0 Å². The Labute approximate surface area is 175 Å². The topological polar surface area (TPSA) is 59.6 Å². The summed E-state index contributed by atoms with van der Waals surface area (Å²) in [6.45, 7) is 2.27. The van der Waals surface area contributed by atoms with Gasteiger partial charge in [0.2, 0.25) is 0 Å². The van der Waals surface area contributed by atoms with Gasteiger partial charge in [0.15, 0.2) is 5.11 Å². The Hall–Kier alpha value is -3.38. The van der Waals surface area contributed by atoms with Gasteiger partial charge < -0.3 is 14.8 Å². The Balaban J connectivity index is 1.62. The number of carbonyl (C=O) groups excluding carboxylic acids is 1. The third-order valence-corrected chi connectivity index (χ3v) is 4.46. The summed E-state index contributed by atoms with van der Waals surface area (Å²) in [6.07, 6.45) is 0. The molecule has 1 amide bonds. The molecule has 0 bridgehead atoms. The number of amides is 1. The summed E-state index contributed by atoms with van der Waals surface area (Å²) >= 11 is 5.27. The van der Waals surface area contributed by atoms with Crippen LogP contribution in [0.5, 0.6) is 11.5 Å². The van der Waals surface area contributed by atoms with Crippen molar-refractivity contribution >= 4 is 28.9 Å². The van der Waals surface area contributed by atoms with Crippen molar-refractivity contribution in [3.63, 3.8) is 0 Å². The predicted molar refractivity (Wildman–Crippen MR) is 119 cm³/mol. The lowest BCUT2D eigenvalue weighted by Crippen LogP contribution is -2.34. The van der Waals surface area contributed by atoms with E-state index >= 15 is 0 Å². The molecule has 0 spiro atoms. The number of nitrogens with one attached hydrogen (secondary N) is 2. The van der Waals surface area contributed by atoms with Gasteiger partial charge in [-0.15, -0.1) is 0 Å². The molecule has 0 aliphatic rings. The quantitative estimate of drug-likeness (QED) is 0.581. The Morgan fingerprint density at radius 1 is 0.931 bits per heavy atom. The van der Waals surface area contributed by atoms with E-state index in [0.717, 1.165) is 22.6 Å². The summed E-state index contributed by atoms with van der Waals surface area (Å²) in [6, 6.07) is 22.3. The van der Waals surface area contributed by atoms with Gasteiger partial charge in [0.05, 0.1) is 7.11 Å². The third-order valence-electron chi connectivity index (χ3n) is 4.25.